The van der Waals surface area contributed by atoms with Gasteiger partial charge >= 0.3 is 0 Å². The van der Waals surface area contributed by atoms with Crippen molar-refractivity contribution in [2.24, 2.45) is 0 Å². The van der Waals surface area contributed by atoms with Crippen molar-refractivity contribution in [1.29, 1.82) is 0 Å². The molecule has 1 amide bonds. The van der Waals surface area contributed by atoms with Gasteiger partial charge in [-0.25, -0.2) is 13.1 Å². The van der Waals surface area contributed by atoms with E-state index in [9.17, 15) is 13.2 Å². The van der Waals surface area contributed by atoms with E-state index in [-0.39, 0.29) is 23.5 Å². The summed E-state index contributed by atoms with van der Waals surface area (Å²) in [6.45, 7) is 5.28. The second kappa shape index (κ2) is 10.9. The number of nitrogens with one attached hydrogen (secondary N) is 3. The van der Waals surface area contributed by atoms with Crippen molar-refractivity contribution in [2.45, 2.75) is 31.7 Å². The number of ether oxygens (including phenoxy) is 1. The average molecular weight is 520 g/mol. The quantitative estimate of drug-likeness (QED) is 0.303. The zero-order chi connectivity index (χ0) is 26.6. The van der Waals surface area contributed by atoms with Crippen LogP contribution in [0.1, 0.15) is 19.4 Å². The molecule has 0 unspecified atom stereocenters. The molecule has 10 heteroatoms. The maximum absolute atomic E-state index is 12.9. The standard InChI is InChI=1S/C27H29N5O4S/c1-17(2)32-37(34,35)24-15-19(10-9-18(24)3)26-22-7-5-6-8-23(22)27(31-30-26)29-20-11-13-21(14-12-20)36-16-25(33)28-4/h5-15,17,32H,16H2,1-4H3,(H,28,33)(H,29,31). The molecule has 3 N–H and O–H groups in total. The van der Waals surface area contributed by atoms with Gasteiger partial charge in [0, 0.05) is 35.1 Å². The van der Waals surface area contributed by atoms with E-state index in [1.165, 1.54) is 0 Å². The van der Waals surface area contributed by atoms with E-state index >= 15 is 0 Å². The van der Waals surface area contributed by atoms with Crippen molar-refractivity contribution in [3.8, 4) is 17.0 Å². The largest absolute Gasteiger partial charge is 0.484 e. The van der Waals surface area contributed by atoms with Crippen molar-refractivity contribution in [1.82, 2.24) is 20.2 Å². The number of rotatable bonds is 9. The number of aryl methyl sites for hydroxylation is 1. The molecular formula is C27H29N5O4S. The van der Waals surface area contributed by atoms with Gasteiger partial charge in [-0.3, -0.25) is 4.79 Å². The summed E-state index contributed by atoms with van der Waals surface area (Å²) in [7, 11) is -2.13. The molecule has 0 aliphatic heterocycles. The SMILES string of the molecule is CNC(=O)COc1ccc(Nc2nnc(-c3ccc(C)c(S(=O)(=O)NC(C)C)c3)c3ccccc23)cc1. The van der Waals surface area contributed by atoms with Gasteiger partial charge in [0.05, 0.1) is 4.90 Å². The average Bonchev–Trinajstić information content (AvgIpc) is 2.88. The second-order valence-corrected chi connectivity index (χ2v) is 10.5. The molecule has 0 bridgehead atoms. The van der Waals surface area contributed by atoms with Crippen LogP contribution in [0.15, 0.2) is 71.6 Å². The Bertz CT molecular complexity index is 1540. The number of benzene rings is 3. The molecule has 4 rings (SSSR count). The first-order valence-electron chi connectivity index (χ1n) is 11.8. The van der Waals surface area contributed by atoms with E-state index in [4.69, 9.17) is 4.74 Å². The van der Waals surface area contributed by atoms with Gasteiger partial charge in [-0.05, 0) is 56.7 Å². The van der Waals surface area contributed by atoms with E-state index in [0.29, 0.717) is 28.4 Å². The highest BCUT2D eigenvalue weighted by molar-refractivity contribution is 7.89. The fourth-order valence-electron chi connectivity index (χ4n) is 3.81. The van der Waals surface area contributed by atoms with Crippen LogP contribution in [0.2, 0.25) is 0 Å². The van der Waals surface area contributed by atoms with E-state index in [2.05, 4.69) is 25.6 Å². The molecule has 0 saturated carbocycles. The zero-order valence-corrected chi connectivity index (χ0v) is 21.9. The topological polar surface area (TPSA) is 122 Å². The van der Waals surface area contributed by atoms with Crippen LogP contribution >= 0.6 is 0 Å². The molecule has 37 heavy (non-hydrogen) atoms. The number of carbonyl (C=O) groups excluding carboxylic acids is 1. The zero-order valence-electron chi connectivity index (χ0n) is 21.1. The first-order valence-corrected chi connectivity index (χ1v) is 13.3. The highest BCUT2D eigenvalue weighted by Crippen LogP contribution is 2.33. The molecule has 192 valence electrons. The number of fused-ring (bicyclic) bond motifs is 1. The molecule has 1 aromatic heterocycles. The highest BCUT2D eigenvalue weighted by Gasteiger charge is 2.20. The van der Waals surface area contributed by atoms with Crippen LogP contribution in [0.3, 0.4) is 0 Å². The van der Waals surface area contributed by atoms with Gasteiger partial charge < -0.3 is 15.4 Å². The lowest BCUT2D eigenvalue weighted by molar-refractivity contribution is -0.122. The van der Waals surface area contributed by atoms with Gasteiger partial charge in [0.25, 0.3) is 5.91 Å². The maximum atomic E-state index is 12.9. The van der Waals surface area contributed by atoms with Crippen molar-refractivity contribution < 1.29 is 17.9 Å². The Morgan fingerprint density at radius 2 is 1.68 bits per heavy atom. The minimum atomic E-state index is -3.68. The Hall–Kier alpha value is -4.02. The predicted molar refractivity (Wildman–Crippen MR) is 144 cm³/mol. The second-order valence-electron chi connectivity index (χ2n) is 8.81. The van der Waals surface area contributed by atoms with Crippen LogP contribution < -0.4 is 20.1 Å². The van der Waals surface area contributed by atoms with Crippen molar-refractivity contribution >= 4 is 38.2 Å². The fourth-order valence-corrected chi connectivity index (χ4v) is 5.33. The van der Waals surface area contributed by atoms with E-state index in [1.807, 2.05) is 42.5 Å². The minimum Gasteiger partial charge on any atom is -0.484 e. The van der Waals surface area contributed by atoms with E-state index < -0.39 is 10.0 Å². The van der Waals surface area contributed by atoms with Crippen LogP contribution in [-0.2, 0) is 14.8 Å². The van der Waals surface area contributed by atoms with Gasteiger partial charge in [0.2, 0.25) is 10.0 Å². The van der Waals surface area contributed by atoms with Gasteiger partial charge in [-0.15, -0.1) is 10.2 Å². The Labute approximate surface area is 216 Å². The number of nitrogens with zero attached hydrogens (tertiary/aromatic N) is 2. The Morgan fingerprint density at radius 3 is 2.35 bits per heavy atom. The summed E-state index contributed by atoms with van der Waals surface area (Å²) >= 11 is 0. The number of aromatic nitrogens is 2. The van der Waals surface area contributed by atoms with Gasteiger partial charge in [0.1, 0.15) is 11.4 Å². The normalized spacial score (nSPS) is 11.5. The molecule has 0 saturated heterocycles. The molecule has 0 atom stereocenters. The fraction of sp³-hybridized carbons (Fsp3) is 0.222. The van der Waals surface area contributed by atoms with Crippen LogP contribution in [0, 0.1) is 6.92 Å². The summed E-state index contributed by atoms with van der Waals surface area (Å²) in [5.41, 5.74) is 2.65. The third-order valence-electron chi connectivity index (χ3n) is 5.60. The number of carbonyl (C=O) groups is 1. The molecular weight excluding hydrogens is 490 g/mol. The Morgan fingerprint density at radius 1 is 0.973 bits per heavy atom. The van der Waals surface area contributed by atoms with Gasteiger partial charge in [0.15, 0.2) is 12.4 Å². The summed E-state index contributed by atoms with van der Waals surface area (Å²) in [5.74, 6) is 0.913. The summed E-state index contributed by atoms with van der Waals surface area (Å²) in [6.07, 6.45) is 0. The first kappa shape index (κ1) is 26.1. The molecule has 0 aliphatic rings. The number of sulfonamides is 1. The van der Waals surface area contributed by atoms with Crippen LogP contribution in [0.5, 0.6) is 5.75 Å². The third kappa shape index (κ3) is 6.04. The van der Waals surface area contributed by atoms with Crippen LogP contribution in [-0.4, -0.2) is 44.2 Å². The lowest BCUT2D eigenvalue weighted by atomic mass is 10.0. The number of amides is 1. The number of hydrogen-bond donors (Lipinski definition) is 3. The molecule has 9 nitrogen and oxygen atoms in total. The number of anilines is 2. The molecule has 0 fully saturated rings. The van der Waals surface area contributed by atoms with Crippen LogP contribution in [0.25, 0.3) is 22.0 Å². The molecule has 1 heterocycles. The van der Waals surface area contributed by atoms with Crippen molar-refractivity contribution in [3.63, 3.8) is 0 Å². The third-order valence-corrected chi connectivity index (χ3v) is 7.40. The lowest BCUT2D eigenvalue weighted by Gasteiger charge is -2.15. The summed E-state index contributed by atoms with van der Waals surface area (Å²) in [6, 6.07) is 19.9. The summed E-state index contributed by atoms with van der Waals surface area (Å²) < 4.78 is 33.9. The molecule has 0 aliphatic carbocycles. The number of hydrogen-bond acceptors (Lipinski definition) is 7. The first-order chi connectivity index (χ1) is 17.7. The maximum Gasteiger partial charge on any atom is 0.257 e. The van der Waals surface area contributed by atoms with Crippen molar-refractivity contribution in [2.75, 3.05) is 19.0 Å². The van der Waals surface area contributed by atoms with E-state index in [1.54, 1.807) is 52.1 Å². The van der Waals surface area contributed by atoms with Gasteiger partial charge in [-0.1, -0.05) is 36.4 Å². The predicted octanol–water partition coefficient (Wildman–Crippen LogP) is 4.16. The number of likely N-dealkylation sites (N-methyl/N-ethyl adjacent to an activating group) is 1. The monoisotopic (exact) mass is 519 g/mol. The molecule has 0 spiro atoms. The summed E-state index contributed by atoms with van der Waals surface area (Å²) in [4.78, 5) is 11.6. The van der Waals surface area contributed by atoms with Crippen LogP contribution in [0.4, 0.5) is 11.5 Å². The molecule has 0 radical (unpaired) electrons. The highest BCUT2D eigenvalue weighted by atomic mass is 32.2. The van der Waals surface area contributed by atoms with E-state index in [0.717, 1.165) is 16.5 Å². The molecule has 3 aromatic carbocycles. The van der Waals surface area contributed by atoms with Gasteiger partial charge in [-0.2, -0.15) is 0 Å². The molecule has 4 aromatic rings. The summed E-state index contributed by atoms with van der Waals surface area (Å²) in [5, 5.41) is 16.3. The lowest BCUT2D eigenvalue weighted by Crippen LogP contribution is -2.30. The Kier molecular flexibility index (Phi) is 7.70. The smallest absolute Gasteiger partial charge is 0.257 e. The minimum absolute atomic E-state index is 0.0591. The Balaban J connectivity index is 1.66. The van der Waals surface area contributed by atoms with Crippen molar-refractivity contribution in [3.05, 3.63) is 72.3 Å².